The third kappa shape index (κ3) is 2.23. The highest BCUT2D eigenvalue weighted by molar-refractivity contribution is 5.96. The molecule has 0 fully saturated rings. The molecule has 0 saturated heterocycles. The molecule has 20 heavy (non-hydrogen) atoms. The van der Waals surface area contributed by atoms with Gasteiger partial charge in [-0.15, -0.1) is 0 Å². The van der Waals surface area contributed by atoms with Gasteiger partial charge in [0.05, 0.1) is 18.6 Å². The summed E-state index contributed by atoms with van der Waals surface area (Å²) in [5, 5.41) is 27.4. The molecule has 0 amide bonds. The van der Waals surface area contributed by atoms with Crippen LogP contribution in [0.4, 0.5) is 11.6 Å². The zero-order chi connectivity index (χ0) is 14.7. The second-order valence-electron chi connectivity index (χ2n) is 4.04. The number of nitriles is 1. The number of anilines is 2. The van der Waals surface area contributed by atoms with E-state index < -0.39 is 6.10 Å². The van der Waals surface area contributed by atoms with Crippen LogP contribution in [0.25, 0.3) is 11.0 Å². The molecule has 9 nitrogen and oxygen atoms in total. The molecule has 0 aromatic carbocycles. The summed E-state index contributed by atoms with van der Waals surface area (Å²) in [5.41, 5.74) is 12.1. The Morgan fingerprint density at radius 3 is 2.65 bits per heavy atom. The lowest BCUT2D eigenvalue weighted by atomic mass is 10.2. The molecule has 0 unspecified atom stereocenters. The van der Waals surface area contributed by atoms with E-state index in [1.807, 2.05) is 6.07 Å². The van der Waals surface area contributed by atoms with E-state index >= 15 is 0 Å². The highest BCUT2D eigenvalue weighted by Crippen LogP contribution is 2.29. The average Bonchev–Trinajstić information content (AvgIpc) is 2.73. The summed E-state index contributed by atoms with van der Waals surface area (Å²) in [6, 6.07) is 1.95. The Morgan fingerprint density at radius 2 is 2.05 bits per heavy atom. The van der Waals surface area contributed by atoms with Gasteiger partial charge in [-0.25, -0.2) is 9.97 Å². The minimum atomic E-state index is -0.739. The van der Waals surface area contributed by atoms with Gasteiger partial charge in [-0.05, 0) is 0 Å². The van der Waals surface area contributed by atoms with Gasteiger partial charge in [0.15, 0.2) is 0 Å². The zero-order valence-electron chi connectivity index (χ0n) is 10.5. The summed E-state index contributed by atoms with van der Waals surface area (Å²) in [6.45, 7) is -0.748. The van der Waals surface area contributed by atoms with Crippen molar-refractivity contribution in [3.63, 3.8) is 0 Å². The standard InChI is InChI=1S/C11H14N6O3/c12-1-7-8-9(13)15-4-16-11(8)17(10(7)14)5-20-6(2-18)3-19/h4,6,18-19H,2-3,5,14H2,(H2,13,15,16). The molecule has 0 aliphatic rings. The van der Waals surface area contributed by atoms with Gasteiger partial charge in [-0.3, -0.25) is 4.57 Å². The van der Waals surface area contributed by atoms with Gasteiger partial charge in [0.1, 0.15) is 48.1 Å². The number of ether oxygens (including phenoxy) is 1. The van der Waals surface area contributed by atoms with Crippen LogP contribution in [0.15, 0.2) is 6.33 Å². The maximum atomic E-state index is 9.15. The minimum Gasteiger partial charge on any atom is -0.394 e. The minimum absolute atomic E-state index is 0.0771. The smallest absolute Gasteiger partial charge is 0.150 e. The van der Waals surface area contributed by atoms with E-state index in [0.717, 1.165) is 0 Å². The Labute approximate surface area is 114 Å². The Bertz CT molecular complexity index is 658. The second-order valence-corrected chi connectivity index (χ2v) is 4.04. The fraction of sp³-hybridized carbons (Fsp3) is 0.364. The number of hydrogen-bond acceptors (Lipinski definition) is 8. The van der Waals surface area contributed by atoms with Crippen molar-refractivity contribution in [2.45, 2.75) is 12.8 Å². The zero-order valence-corrected chi connectivity index (χ0v) is 10.5. The molecule has 2 aromatic heterocycles. The lowest BCUT2D eigenvalue weighted by Gasteiger charge is -2.14. The van der Waals surface area contributed by atoms with Gasteiger partial charge < -0.3 is 26.4 Å². The largest absolute Gasteiger partial charge is 0.394 e. The first-order valence-electron chi connectivity index (χ1n) is 5.75. The molecule has 0 saturated carbocycles. The summed E-state index contributed by atoms with van der Waals surface area (Å²) < 4.78 is 6.72. The van der Waals surface area contributed by atoms with Crippen LogP contribution in [0.2, 0.25) is 0 Å². The van der Waals surface area contributed by atoms with Crippen molar-refractivity contribution in [3.8, 4) is 6.07 Å². The molecule has 0 radical (unpaired) electrons. The normalized spacial score (nSPS) is 11.1. The van der Waals surface area contributed by atoms with Crippen molar-refractivity contribution < 1.29 is 14.9 Å². The second kappa shape index (κ2) is 5.70. The maximum absolute atomic E-state index is 9.15. The van der Waals surface area contributed by atoms with Gasteiger partial charge in [0.2, 0.25) is 0 Å². The summed E-state index contributed by atoms with van der Waals surface area (Å²) in [7, 11) is 0. The SMILES string of the molecule is N#Cc1c(N)n(COC(CO)CO)c2ncnc(N)c12. The van der Waals surface area contributed by atoms with Gasteiger partial charge >= 0.3 is 0 Å². The first kappa shape index (κ1) is 14.0. The molecule has 0 spiro atoms. The monoisotopic (exact) mass is 278 g/mol. The van der Waals surface area contributed by atoms with E-state index in [1.165, 1.54) is 10.9 Å². The van der Waals surface area contributed by atoms with Crippen LogP contribution in [-0.4, -0.2) is 44.1 Å². The molecule has 9 heteroatoms. The maximum Gasteiger partial charge on any atom is 0.150 e. The van der Waals surface area contributed by atoms with E-state index in [4.69, 9.17) is 31.7 Å². The summed E-state index contributed by atoms with van der Waals surface area (Å²) in [6.07, 6.45) is 0.515. The highest BCUT2D eigenvalue weighted by Gasteiger charge is 2.19. The molecule has 2 rings (SSSR count). The molecular weight excluding hydrogens is 264 g/mol. The first-order chi connectivity index (χ1) is 9.63. The van der Waals surface area contributed by atoms with E-state index in [2.05, 4.69) is 9.97 Å². The van der Waals surface area contributed by atoms with E-state index in [-0.39, 0.29) is 37.1 Å². The first-order valence-corrected chi connectivity index (χ1v) is 5.75. The molecular formula is C11H14N6O3. The highest BCUT2D eigenvalue weighted by atomic mass is 16.5. The topological polar surface area (TPSA) is 156 Å². The van der Waals surface area contributed by atoms with Crippen LogP contribution in [0.5, 0.6) is 0 Å². The molecule has 2 heterocycles. The Kier molecular flexibility index (Phi) is 3.99. The Hall–Kier alpha value is -2.41. The van der Waals surface area contributed by atoms with Crippen molar-refractivity contribution in [3.05, 3.63) is 11.9 Å². The van der Waals surface area contributed by atoms with E-state index in [1.54, 1.807) is 0 Å². The molecule has 0 aliphatic carbocycles. The van der Waals surface area contributed by atoms with Gasteiger partial charge in [-0.1, -0.05) is 0 Å². The van der Waals surface area contributed by atoms with Gasteiger partial charge in [0.25, 0.3) is 0 Å². The van der Waals surface area contributed by atoms with Crippen LogP contribution in [0.1, 0.15) is 5.56 Å². The number of aliphatic hydroxyl groups excluding tert-OH is 2. The number of nitrogens with zero attached hydrogens (tertiary/aromatic N) is 4. The summed E-state index contributed by atoms with van der Waals surface area (Å²) >= 11 is 0. The lowest BCUT2D eigenvalue weighted by molar-refractivity contribution is -0.0480. The van der Waals surface area contributed by atoms with Crippen LogP contribution in [-0.2, 0) is 11.5 Å². The molecule has 2 aromatic rings. The predicted octanol–water partition coefficient (Wildman–Crippen LogP) is -1.21. The van der Waals surface area contributed by atoms with Crippen molar-refractivity contribution in [2.24, 2.45) is 0 Å². The summed E-state index contributed by atoms with van der Waals surface area (Å²) in [5.74, 6) is 0.294. The van der Waals surface area contributed by atoms with E-state index in [9.17, 15) is 0 Å². The van der Waals surface area contributed by atoms with Gasteiger partial charge in [0, 0.05) is 0 Å². The number of nitrogens with two attached hydrogens (primary N) is 2. The number of aromatic nitrogens is 3. The third-order valence-corrected chi connectivity index (χ3v) is 2.87. The summed E-state index contributed by atoms with van der Waals surface area (Å²) in [4.78, 5) is 7.86. The number of aliphatic hydroxyl groups is 2. The molecule has 6 N–H and O–H groups in total. The molecule has 0 atom stereocenters. The van der Waals surface area contributed by atoms with Crippen molar-refractivity contribution in [1.29, 1.82) is 5.26 Å². The van der Waals surface area contributed by atoms with Crippen molar-refractivity contribution in [1.82, 2.24) is 14.5 Å². The number of rotatable bonds is 5. The van der Waals surface area contributed by atoms with Crippen LogP contribution < -0.4 is 11.5 Å². The molecule has 0 bridgehead atoms. The molecule has 106 valence electrons. The lowest BCUT2D eigenvalue weighted by Crippen LogP contribution is -2.23. The van der Waals surface area contributed by atoms with Crippen molar-refractivity contribution >= 4 is 22.7 Å². The quantitative estimate of drug-likeness (QED) is 0.531. The third-order valence-electron chi connectivity index (χ3n) is 2.87. The Morgan fingerprint density at radius 1 is 1.35 bits per heavy atom. The fourth-order valence-electron chi connectivity index (χ4n) is 1.80. The van der Waals surface area contributed by atoms with Gasteiger partial charge in [-0.2, -0.15) is 5.26 Å². The van der Waals surface area contributed by atoms with Crippen molar-refractivity contribution in [2.75, 3.05) is 24.7 Å². The van der Waals surface area contributed by atoms with E-state index in [0.29, 0.717) is 11.0 Å². The Balaban J connectivity index is 2.46. The number of nitrogen functional groups attached to an aromatic ring is 2. The average molecular weight is 278 g/mol. The van der Waals surface area contributed by atoms with Crippen LogP contribution in [0, 0.1) is 11.3 Å². The van der Waals surface area contributed by atoms with Crippen LogP contribution >= 0.6 is 0 Å². The van der Waals surface area contributed by atoms with Crippen LogP contribution in [0.3, 0.4) is 0 Å². The molecule has 0 aliphatic heterocycles. The fourth-order valence-corrected chi connectivity index (χ4v) is 1.80. The predicted molar refractivity (Wildman–Crippen MR) is 70.1 cm³/mol. The number of hydrogen-bond donors (Lipinski definition) is 4. The number of fused-ring (bicyclic) bond motifs is 1.